The van der Waals surface area contributed by atoms with Crippen molar-refractivity contribution in [1.29, 1.82) is 0 Å². The second kappa shape index (κ2) is 22.1. The number of anilines is 1. The lowest BCUT2D eigenvalue weighted by Crippen LogP contribution is -2.14. The van der Waals surface area contributed by atoms with Crippen molar-refractivity contribution >= 4 is 11.7 Å². The maximum atomic E-state index is 12.0. The van der Waals surface area contributed by atoms with E-state index in [9.17, 15) is 4.79 Å². The van der Waals surface area contributed by atoms with Crippen LogP contribution in [0.5, 0.6) is 0 Å². The summed E-state index contributed by atoms with van der Waals surface area (Å²) < 4.78 is 27.1. The van der Waals surface area contributed by atoms with Crippen LogP contribution in [0.15, 0.2) is 24.3 Å². The standard InChI is InChI=1S/C26H45NO6/c1-3-5-7-8-9-15-29-16-17-30-18-19-31-20-21-32-22-23-33-26(28)24-10-12-25(13-11-24)27-14-6-4-2/h10-13,27H,3-9,14-23H2,1-2H3. The maximum absolute atomic E-state index is 12.0. The van der Waals surface area contributed by atoms with Crippen LogP contribution in [0.4, 0.5) is 5.69 Å². The lowest BCUT2D eigenvalue weighted by molar-refractivity contribution is -0.00913. The lowest BCUT2D eigenvalue weighted by Gasteiger charge is -2.09. The summed E-state index contributed by atoms with van der Waals surface area (Å²) in [5, 5.41) is 3.32. The van der Waals surface area contributed by atoms with Crippen LogP contribution in [0.25, 0.3) is 0 Å². The van der Waals surface area contributed by atoms with Gasteiger partial charge in [-0.2, -0.15) is 0 Å². The van der Waals surface area contributed by atoms with E-state index in [4.69, 9.17) is 23.7 Å². The van der Waals surface area contributed by atoms with E-state index in [2.05, 4.69) is 19.2 Å². The molecule has 0 heterocycles. The number of carbonyl (C=O) groups excluding carboxylic acids is 1. The van der Waals surface area contributed by atoms with E-state index in [1.807, 2.05) is 12.1 Å². The quantitative estimate of drug-likeness (QED) is 0.177. The summed E-state index contributed by atoms with van der Waals surface area (Å²) in [6, 6.07) is 7.33. The average molecular weight is 468 g/mol. The Morgan fingerprint density at radius 1 is 0.636 bits per heavy atom. The highest BCUT2D eigenvalue weighted by Gasteiger charge is 2.06. The number of hydrogen-bond acceptors (Lipinski definition) is 7. The fraction of sp³-hybridized carbons (Fsp3) is 0.731. The summed E-state index contributed by atoms with van der Waals surface area (Å²) in [5.74, 6) is -0.340. The summed E-state index contributed by atoms with van der Waals surface area (Å²) >= 11 is 0. The highest BCUT2D eigenvalue weighted by molar-refractivity contribution is 5.89. The van der Waals surface area contributed by atoms with Crippen molar-refractivity contribution in [3.8, 4) is 0 Å². The molecule has 1 rings (SSSR count). The zero-order valence-corrected chi connectivity index (χ0v) is 20.8. The molecule has 190 valence electrons. The number of esters is 1. The van der Waals surface area contributed by atoms with E-state index in [0.29, 0.717) is 51.8 Å². The molecule has 0 unspecified atom stereocenters. The minimum atomic E-state index is -0.340. The molecule has 0 bridgehead atoms. The van der Waals surface area contributed by atoms with Crippen LogP contribution in [0.2, 0.25) is 0 Å². The van der Waals surface area contributed by atoms with Crippen molar-refractivity contribution < 1.29 is 28.5 Å². The Kier molecular flexibility index (Phi) is 19.7. The van der Waals surface area contributed by atoms with Crippen molar-refractivity contribution in [2.75, 3.05) is 71.3 Å². The van der Waals surface area contributed by atoms with Crippen LogP contribution in [0.1, 0.15) is 69.2 Å². The molecule has 0 aliphatic heterocycles. The van der Waals surface area contributed by atoms with Crippen molar-refractivity contribution in [3.05, 3.63) is 29.8 Å². The van der Waals surface area contributed by atoms with Crippen LogP contribution in [0.3, 0.4) is 0 Å². The van der Waals surface area contributed by atoms with Gasteiger partial charge in [0.05, 0.1) is 51.8 Å². The van der Waals surface area contributed by atoms with Crippen LogP contribution >= 0.6 is 0 Å². The SMILES string of the molecule is CCCCCCCOCCOCCOCCOCCOC(=O)c1ccc(NCCCC)cc1. The van der Waals surface area contributed by atoms with Gasteiger partial charge in [-0.15, -0.1) is 0 Å². The summed E-state index contributed by atoms with van der Waals surface area (Å²) in [5.41, 5.74) is 1.55. The first-order chi connectivity index (χ1) is 16.3. The molecule has 1 N–H and O–H groups in total. The third-order valence-electron chi connectivity index (χ3n) is 4.95. The molecule has 7 nitrogen and oxygen atoms in total. The number of benzene rings is 1. The molecule has 0 amide bonds. The van der Waals surface area contributed by atoms with Gasteiger partial charge in [-0.25, -0.2) is 4.79 Å². The topological polar surface area (TPSA) is 75.2 Å². The van der Waals surface area contributed by atoms with Crippen molar-refractivity contribution in [1.82, 2.24) is 0 Å². The molecule has 1 aromatic carbocycles. The predicted molar refractivity (Wildman–Crippen MR) is 132 cm³/mol. The molecule has 0 aliphatic carbocycles. The van der Waals surface area contributed by atoms with Gasteiger partial charge in [0.2, 0.25) is 0 Å². The van der Waals surface area contributed by atoms with Gasteiger partial charge in [-0.3, -0.25) is 0 Å². The van der Waals surface area contributed by atoms with E-state index < -0.39 is 0 Å². The number of nitrogens with one attached hydrogen (secondary N) is 1. The number of ether oxygens (including phenoxy) is 5. The fourth-order valence-electron chi connectivity index (χ4n) is 2.98. The van der Waals surface area contributed by atoms with Gasteiger partial charge in [-0.05, 0) is 37.1 Å². The molecule has 0 saturated heterocycles. The smallest absolute Gasteiger partial charge is 0.338 e. The summed E-state index contributed by atoms with van der Waals surface area (Å²) in [7, 11) is 0. The molecule has 0 spiro atoms. The van der Waals surface area contributed by atoms with E-state index in [1.54, 1.807) is 12.1 Å². The number of unbranched alkanes of at least 4 members (excludes halogenated alkanes) is 5. The first kappa shape index (κ1) is 29.4. The Morgan fingerprint density at radius 2 is 1.15 bits per heavy atom. The Balaban J connectivity index is 1.85. The summed E-state index contributed by atoms with van der Waals surface area (Å²) in [6.07, 6.45) is 8.53. The van der Waals surface area contributed by atoms with Gasteiger partial charge in [0.15, 0.2) is 0 Å². The second-order valence-corrected chi connectivity index (χ2v) is 7.86. The first-order valence-electron chi connectivity index (χ1n) is 12.6. The van der Waals surface area contributed by atoms with Crippen LogP contribution < -0.4 is 5.32 Å². The molecule has 0 aliphatic rings. The Labute approximate surface area is 200 Å². The second-order valence-electron chi connectivity index (χ2n) is 7.86. The van der Waals surface area contributed by atoms with Gasteiger partial charge in [0.1, 0.15) is 6.61 Å². The average Bonchev–Trinajstić information content (AvgIpc) is 2.83. The highest BCUT2D eigenvalue weighted by Crippen LogP contribution is 2.10. The normalized spacial score (nSPS) is 11.0. The van der Waals surface area contributed by atoms with Gasteiger partial charge in [0.25, 0.3) is 0 Å². The zero-order chi connectivity index (χ0) is 23.8. The summed E-state index contributed by atoms with van der Waals surface area (Å²) in [4.78, 5) is 12.0. The molecule has 0 fully saturated rings. The Morgan fingerprint density at radius 3 is 1.73 bits per heavy atom. The van der Waals surface area contributed by atoms with Crippen molar-refractivity contribution in [2.24, 2.45) is 0 Å². The van der Waals surface area contributed by atoms with Gasteiger partial charge >= 0.3 is 5.97 Å². The van der Waals surface area contributed by atoms with Crippen molar-refractivity contribution in [3.63, 3.8) is 0 Å². The van der Waals surface area contributed by atoms with Gasteiger partial charge in [-0.1, -0.05) is 46.0 Å². The van der Waals surface area contributed by atoms with E-state index >= 15 is 0 Å². The lowest BCUT2D eigenvalue weighted by atomic mass is 10.2. The van der Waals surface area contributed by atoms with Crippen LogP contribution in [0, 0.1) is 0 Å². The molecule has 0 radical (unpaired) electrons. The minimum Gasteiger partial charge on any atom is -0.460 e. The van der Waals surface area contributed by atoms with Gasteiger partial charge < -0.3 is 29.0 Å². The largest absolute Gasteiger partial charge is 0.460 e. The molecule has 1 aromatic rings. The molecule has 0 aromatic heterocycles. The number of hydrogen-bond donors (Lipinski definition) is 1. The molecular formula is C26H45NO6. The summed E-state index contributed by atoms with van der Waals surface area (Å²) in [6.45, 7) is 9.93. The van der Waals surface area contributed by atoms with Crippen LogP contribution in [-0.4, -0.2) is 72.0 Å². The fourth-order valence-corrected chi connectivity index (χ4v) is 2.98. The van der Waals surface area contributed by atoms with E-state index in [0.717, 1.165) is 38.1 Å². The Hall–Kier alpha value is -1.67. The monoisotopic (exact) mass is 467 g/mol. The molecule has 33 heavy (non-hydrogen) atoms. The molecule has 0 saturated carbocycles. The zero-order valence-electron chi connectivity index (χ0n) is 20.8. The molecule has 0 atom stereocenters. The number of rotatable bonds is 23. The first-order valence-corrected chi connectivity index (χ1v) is 12.6. The third-order valence-corrected chi connectivity index (χ3v) is 4.95. The molecular weight excluding hydrogens is 422 g/mol. The van der Waals surface area contributed by atoms with Crippen molar-refractivity contribution in [2.45, 2.75) is 58.8 Å². The van der Waals surface area contributed by atoms with E-state index in [1.165, 1.54) is 25.7 Å². The maximum Gasteiger partial charge on any atom is 0.338 e. The van der Waals surface area contributed by atoms with Crippen LogP contribution in [-0.2, 0) is 23.7 Å². The number of carbonyl (C=O) groups is 1. The molecule has 7 heteroatoms. The minimum absolute atomic E-state index is 0.219. The highest BCUT2D eigenvalue weighted by atomic mass is 16.6. The third kappa shape index (κ3) is 17.5. The predicted octanol–water partition coefficient (Wildman–Crippen LogP) is 5.09. The Bertz CT molecular complexity index is 566. The van der Waals surface area contributed by atoms with Gasteiger partial charge in [0, 0.05) is 18.8 Å². The van der Waals surface area contributed by atoms with E-state index in [-0.39, 0.29) is 12.6 Å².